The molecule has 0 atom stereocenters. The molecule has 0 unspecified atom stereocenters. The third-order valence-corrected chi connectivity index (χ3v) is 3.27. The Morgan fingerprint density at radius 3 is 2.71 bits per heavy atom. The van der Waals surface area contributed by atoms with E-state index >= 15 is 0 Å². The van der Waals surface area contributed by atoms with Crippen molar-refractivity contribution >= 4 is 5.96 Å². The van der Waals surface area contributed by atoms with E-state index in [9.17, 15) is 0 Å². The van der Waals surface area contributed by atoms with Crippen LogP contribution in [0.4, 0.5) is 0 Å². The van der Waals surface area contributed by atoms with E-state index in [2.05, 4.69) is 53.2 Å². The maximum absolute atomic E-state index is 5.23. The number of guanidine groups is 1. The first-order valence-corrected chi connectivity index (χ1v) is 7.82. The van der Waals surface area contributed by atoms with Crippen molar-refractivity contribution in [2.24, 2.45) is 4.99 Å². The van der Waals surface area contributed by atoms with Crippen LogP contribution in [0.5, 0.6) is 0 Å². The molecule has 6 heteroatoms. The molecule has 0 aliphatic heterocycles. The lowest BCUT2D eigenvalue weighted by Gasteiger charge is -2.21. The zero-order valence-electron chi connectivity index (χ0n) is 14.0. The second-order valence-corrected chi connectivity index (χ2v) is 5.55. The second kappa shape index (κ2) is 9.37. The summed E-state index contributed by atoms with van der Waals surface area (Å²) in [5.74, 6) is 2.76. The van der Waals surface area contributed by atoms with Crippen molar-refractivity contribution < 1.29 is 4.52 Å². The fraction of sp³-hybridized carbons (Fsp3) is 0.800. The number of rotatable bonds is 8. The monoisotopic (exact) mass is 295 g/mol. The van der Waals surface area contributed by atoms with Gasteiger partial charge in [0.05, 0.1) is 0 Å². The average Bonchev–Trinajstić information content (AvgIpc) is 2.94. The molecule has 1 aromatic rings. The number of hydrogen-bond acceptors (Lipinski definition) is 4. The Bertz CT molecular complexity index is 427. The van der Waals surface area contributed by atoms with Gasteiger partial charge in [0, 0.05) is 39.5 Å². The van der Waals surface area contributed by atoms with Gasteiger partial charge in [0.1, 0.15) is 0 Å². The fourth-order valence-electron chi connectivity index (χ4n) is 1.93. The summed E-state index contributed by atoms with van der Waals surface area (Å²) in [4.78, 5) is 10.8. The van der Waals surface area contributed by atoms with Crippen molar-refractivity contribution in [3.05, 3.63) is 11.7 Å². The van der Waals surface area contributed by atoms with E-state index < -0.39 is 0 Å². The Morgan fingerprint density at radius 1 is 1.38 bits per heavy atom. The lowest BCUT2D eigenvalue weighted by atomic mass is 10.2. The normalized spacial score (nSPS) is 12.0. The molecule has 120 valence electrons. The van der Waals surface area contributed by atoms with E-state index in [1.807, 2.05) is 7.05 Å². The predicted octanol–water partition coefficient (Wildman–Crippen LogP) is 2.43. The molecule has 0 amide bonds. The highest BCUT2D eigenvalue weighted by Gasteiger charge is 2.09. The summed E-state index contributed by atoms with van der Waals surface area (Å²) in [5, 5.41) is 7.33. The van der Waals surface area contributed by atoms with Crippen molar-refractivity contribution in [3.63, 3.8) is 0 Å². The molecule has 1 N–H and O–H groups in total. The van der Waals surface area contributed by atoms with E-state index in [1.54, 1.807) is 0 Å². The molecule has 1 aromatic heterocycles. The van der Waals surface area contributed by atoms with E-state index in [0.717, 1.165) is 43.6 Å². The third kappa shape index (κ3) is 6.14. The Kier molecular flexibility index (Phi) is 7.79. The van der Waals surface area contributed by atoms with Crippen molar-refractivity contribution in [3.8, 4) is 0 Å². The van der Waals surface area contributed by atoms with Gasteiger partial charge in [0.15, 0.2) is 11.8 Å². The summed E-state index contributed by atoms with van der Waals surface area (Å²) < 4.78 is 5.23. The molecule has 0 radical (unpaired) electrons. The number of aromatic nitrogens is 2. The molecule has 0 fully saturated rings. The number of hydrogen-bond donors (Lipinski definition) is 1. The Hall–Kier alpha value is -1.59. The summed E-state index contributed by atoms with van der Waals surface area (Å²) in [5.41, 5.74) is 0. The Labute approximate surface area is 128 Å². The van der Waals surface area contributed by atoms with Gasteiger partial charge in [-0.3, -0.25) is 4.99 Å². The highest BCUT2D eigenvalue weighted by Crippen LogP contribution is 2.10. The Balaban J connectivity index is 2.28. The van der Waals surface area contributed by atoms with Gasteiger partial charge >= 0.3 is 0 Å². The van der Waals surface area contributed by atoms with Gasteiger partial charge in [-0.05, 0) is 12.8 Å². The molecule has 0 bridgehead atoms. The number of aliphatic imine (C=N–C) groups is 1. The summed E-state index contributed by atoms with van der Waals surface area (Å²) in [7, 11) is 3.88. The third-order valence-electron chi connectivity index (χ3n) is 3.27. The minimum atomic E-state index is 0.312. The van der Waals surface area contributed by atoms with Gasteiger partial charge in [-0.15, -0.1) is 0 Å². The van der Waals surface area contributed by atoms with Crippen LogP contribution in [0.25, 0.3) is 0 Å². The maximum Gasteiger partial charge on any atom is 0.226 e. The number of nitrogens with one attached hydrogen (secondary N) is 1. The van der Waals surface area contributed by atoms with Gasteiger partial charge in [0.2, 0.25) is 5.89 Å². The van der Waals surface area contributed by atoms with E-state index in [1.165, 1.54) is 12.8 Å². The molecular formula is C15H29N5O. The minimum Gasteiger partial charge on any atom is -0.356 e. The van der Waals surface area contributed by atoms with Crippen LogP contribution >= 0.6 is 0 Å². The van der Waals surface area contributed by atoms with Crippen LogP contribution in [0.1, 0.15) is 57.7 Å². The van der Waals surface area contributed by atoms with Crippen LogP contribution in [0, 0.1) is 0 Å². The maximum atomic E-state index is 5.23. The van der Waals surface area contributed by atoms with E-state index in [0.29, 0.717) is 5.92 Å². The molecule has 1 rings (SSSR count). The molecule has 6 nitrogen and oxygen atoms in total. The fourth-order valence-corrected chi connectivity index (χ4v) is 1.93. The average molecular weight is 295 g/mol. The largest absolute Gasteiger partial charge is 0.356 e. The lowest BCUT2D eigenvalue weighted by molar-refractivity contribution is 0.368. The van der Waals surface area contributed by atoms with Crippen LogP contribution in [-0.4, -0.2) is 48.2 Å². The summed E-state index contributed by atoms with van der Waals surface area (Å²) >= 11 is 0. The van der Waals surface area contributed by atoms with Crippen LogP contribution in [-0.2, 0) is 6.42 Å². The van der Waals surface area contributed by atoms with Crippen molar-refractivity contribution in [2.45, 2.75) is 52.4 Å². The zero-order valence-corrected chi connectivity index (χ0v) is 14.0. The smallest absolute Gasteiger partial charge is 0.226 e. The molecular weight excluding hydrogens is 266 g/mol. The van der Waals surface area contributed by atoms with E-state index in [-0.39, 0.29) is 0 Å². The molecule has 0 aromatic carbocycles. The van der Waals surface area contributed by atoms with Crippen molar-refractivity contribution in [2.75, 3.05) is 27.2 Å². The molecule has 0 spiro atoms. The van der Waals surface area contributed by atoms with Crippen molar-refractivity contribution in [1.82, 2.24) is 20.4 Å². The van der Waals surface area contributed by atoms with E-state index in [4.69, 9.17) is 4.52 Å². The minimum absolute atomic E-state index is 0.312. The van der Waals surface area contributed by atoms with Crippen LogP contribution in [0.3, 0.4) is 0 Å². The number of aryl methyl sites for hydroxylation is 1. The number of nitrogens with zero attached hydrogens (tertiary/aromatic N) is 4. The summed E-state index contributed by atoms with van der Waals surface area (Å²) in [6.07, 6.45) is 4.11. The predicted molar refractivity (Wildman–Crippen MR) is 85.6 cm³/mol. The molecule has 0 aliphatic rings. The topological polar surface area (TPSA) is 66.5 Å². The van der Waals surface area contributed by atoms with Crippen molar-refractivity contribution in [1.29, 1.82) is 0 Å². The quantitative estimate of drug-likeness (QED) is 0.453. The standard InChI is InChI=1S/C15H29N5O/c1-6-7-11-20(5)15(16-4)17-10-8-9-13-18-14(12(2)3)19-21-13/h12H,6-11H2,1-5H3,(H,16,17). The molecule has 0 aliphatic carbocycles. The second-order valence-electron chi connectivity index (χ2n) is 5.55. The first-order valence-electron chi connectivity index (χ1n) is 7.82. The van der Waals surface area contributed by atoms with Gasteiger partial charge in [-0.25, -0.2) is 0 Å². The van der Waals surface area contributed by atoms with Gasteiger partial charge in [0.25, 0.3) is 0 Å². The van der Waals surface area contributed by atoms with Crippen LogP contribution < -0.4 is 5.32 Å². The lowest BCUT2D eigenvalue weighted by Crippen LogP contribution is -2.39. The molecule has 0 saturated carbocycles. The van der Waals surface area contributed by atoms with Gasteiger partial charge < -0.3 is 14.7 Å². The molecule has 0 saturated heterocycles. The van der Waals surface area contributed by atoms with Gasteiger partial charge in [-0.1, -0.05) is 32.3 Å². The Morgan fingerprint density at radius 2 is 2.14 bits per heavy atom. The van der Waals surface area contributed by atoms with Gasteiger partial charge in [-0.2, -0.15) is 4.98 Å². The highest BCUT2D eigenvalue weighted by molar-refractivity contribution is 5.79. The molecule has 1 heterocycles. The zero-order chi connectivity index (χ0) is 15.7. The highest BCUT2D eigenvalue weighted by atomic mass is 16.5. The number of unbranched alkanes of at least 4 members (excludes halogenated alkanes) is 1. The van der Waals surface area contributed by atoms with Crippen LogP contribution in [0.2, 0.25) is 0 Å². The molecule has 21 heavy (non-hydrogen) atoms. The summed E-state index contributed by atoms with van der Waals surface area (Å²) in [6.45, 7) is 8.19. The first kappa shape index (κ1) is 17.5. The SMILES string of the molecule is CCCCN(C)C(=NC)NCCCc1nc(C(C)C)no1. The first-order chi connectivity index (χ1) is 10.1. The van der Waals surface area contributed by atoms with Crippen LogP contribution in [0.15, 0.2) is 9.52 Å². The summed E-state index contributed by atoms with van der Waals surface area (Å²) in [6, 6.07) is 0.